The first-order valence-corrected chi connectivity index (χ1v) is 11.0. The Morgan fingerprint density at radius 3 is 2.55 bits per heavy atom. The Bertz CT molecular complexity index is 713. The highest BCUT2D eigenvalue weighted by molar-refractivity contribution is 5.85. The monoisotopic (exact) mass is 414 g/mol. The molecule has 164 valence electrons. The molecule has 0 spiro atoms. The highest BCUT2D eigenvalue weighted by Crippen LogP contribution is 2.65. The highest BCUT2D eigenvalue weighted by atomic mass is 19.4. The molecule has 6 unspecified atom stereocenters. The highest BCUT2D eigenvalue weighted by Gasteiger charge is 2.59. The molecule has 0 bridgehead atoms. The fourth-order valence-electron chi connectivity index (χ4n) is 7.29. The summed E-state index contributed by atoms with van der Waals surface area (Å²) in [4.78, 5) is 11.3. The van der Waals surface area contributed by atoms with Gasteiger partial charge in [0.15, 0.2) is 0 Å². The lowest BCUT2D eigenvalue weighted by Gasteiger charge is -2.58. The number of fused-ring (bicyclic) bond motifs is 5. The van der Waals surface area contributed by atoms with Gasteiger partial charge in [-0.1, -0.05) is 25.5 Å². The molecular formula is C23H33F3O3. The number of alkyl halides is 3. The van der Waals surface area contributed by atoms with Crippen molar-refractivity contribution >= 4 is 5.78 Å². The lowest BCUT2D eigenvalue weighted by atomic mass is 9.47. The molecule has 0 aromatic heterocycles. The summed E-state index contributed by atoms with van der Waals surface area (Å²) in [5.74, 6) is -0.292. The normalized spacial score (nSPS) is 47.1. The van der Waals surface area contributed by atoms with Crippen molar-refractivity contribution in [1.29, 1.82) is 0 Å². The van der Waals surface area contributed by atoms with Crippen molar-refractivity contribution in [3.8, 4) is 0 Å². The number of rotatable bonds is 3. The summed E-state index contributed by atoms with van der Waals surface area (Å²) in [5.41, 5.74) is 0.755. The van der Waals surface area contributed by atoms with Crippen molar-refractivity contribution in [3.05, 3.63) is 11.6 Å². The topological polar surface area (TPSA) is 46.5 Å². The maximum atomic E-state index is 12.6. The molecule has 3 nitrogen and oxygen atoms in total. The third-order valence-electron chi connectivity index (χ3n) is 9.02. The van der Waals surface area contributed by atoms with Crippen LogP contribution in [-0.2, 0) is 9.53 Å². The minimum absolute atomic E-state index is 0.123. The van der Waals surface area contributed by atoms with Crippen LogP contribution in [0.2, 0.25) is 0 Å². The third-order valence-corrected chi connectivity index (χ3v) is 9.02. The Morgan fingerprint density at radius 1 is 1.14 bits per heavy atom. The quantitative estimate of drug-likeness (QED) is 0.645. The van der Waals surface area contributed by atoms with Gasteiger partial charge in [0.05, 0.1) is 11.7 Å². The van der Waals surface area contributed by atoms with E-state index in [1.807, 2.05) is 6.92 Å². The van der Waals surface area contributed by atoms with Gasteiger partial charge in [-0.15, -0.1) is 0 Å². The Kier molecular flexibility index (Phi) is 5.02. The van der Waals surface area contributed by atoms with E-state index in [0.29, 0.717) is 17.8 Å². The Labute approximate surface area is 171 Å². The van der Waals surface area contributed by atoms with Gasteiger partial charge in [0.2, 0.25) is 0 Å². The van der Waals surface area contributed by atoms with E-state index in [-0.39, 0.29) is 16.9 Å². The maximum Gasteiger partial charge on any atom is 0.452 e. The van der Waals surface area contributed by atoms with E-state index < -0.39 is 24.2 Å². The first-order chi connectivity index (χ1) is 13.4. The van der Waals surface area contributed by atoms with Gasteiger partial charge >= 0.3 is 6.18 Å². The zero-order chi connectivity index (χ0) is 21.2. The number of hydrogen-bond donors (Lipinski definition) is 1. The molecule has 0 aromatic rings. The SMILES string of the molecule is CC12CC[C@](C)(O)CC1=CCC1C2CCC2(C)C(OCC(=O)C(F)(F)F)CCC12. The van der Waals surface area contributed by atoms with E-state index in [4.69, 9.17) is 4.74 Å². The summed E-state index contributed by atoms with van der Waals surface area (Å²) < 4.78 is 43.3. The molecule has 4 aliphatic rings. The molecule has 29 heavy (non-hydrogen) atoms. The molecular weight excluding hydrogens is 381 g/mol. The van der Waals surface area contributed by atoms with E-state index in [1.54, 1.807) is 0 Å². The fourth-order valence-corrected chi connectivity index (χ4v) is 7.29. The van der Waals surface area contributed by atoms with Gasteiger partial charge < -0.3 is 9.84 Å². The predicted molar refractivity (Wildman–Crippen MR) is 103 cm³/mol. The first-order valence-electron chi connectivity index (χ1n) is 11.0. The zero-order valence-electron chi connectivity index (χ0n) is 17.6. The molecule has 6 heteroatoms. The number of Topliss-reactive ketones (excluding diaryl/α,β-unsaturated/α-hetero) is 1. The van der Waals surface area contributed by atoms with E-state index >= 15 is 0 Å². The van der Waals surface area contributed by atoms with Crippen LogP contribution in [-0.4, -0.2) is 35.4 Å². The molecule has 0 aromatic carbocycles. The summed E-state index contributed by atoms with van der Waals surface area (Å²) >= 11 is 0. The smallest absolute Gasteiger partial charge is 0.390 e. The van der Waals surface area contributed by atoms with Crippen molar-refractivity contribution < 1.29 is 27.8 Å². The summed E-state index contributed by atoms with van der Waals surface area (Å²) in [6.45, 7) is 5.59. The molecule has 4 aliphatic carbocycles. The van der Waals surface area contributed by atoms with Gasteiger partial charge in [-0.2, -0.15) is 13.2 Å². The minimum atomic E-state index is -4.82. The standard InChI is InChI=1S/C23H33F3O3/c1-20(28)10-11-21(2)14(12-20)4-5-15-16-6-7-19(22(16,3)9-8-17(15)21)29-13-18(27)23(24,25)26/h4,15-17,19,28H,5-13H2,1-3H3/t15?,16?,17?,19?,20-,21?,22?/m0/s1. The van der Waals surface area contributed by atoms with Crippen molar-refractivity contribution in [2.45, 2.75) is 90.0 Å². The second kappa shape index (κ2) is 6.81. The first kappa shape index (κ1) is 21.4. The van der Waals surface area contributed by atoms with Crippen LogP contribution in [0.5, 0.6) is 0 Å². The summed E-state index contributed by atoms with van der Waals surface area (Å²) in [5, 5.41) is 10.5. The van der Waals surface area contributed by atoms with Gasteiger partial charge in [-0.3, -0.25) is 4.79 Å². The number of ether oxygens (including phenoxy) is 1. The number of halogens is 3. The number of hydrogen-bond acceptors (Lipinski definition) is 3. The Hall–Kier alpha value is -0.880. The fraction of sp³-hybridized carbons (Fsp3) is 0.870. The molecule has 0 aliphatic heterocycles. The van der Waals surface area contributed by atoms with Crippen LogP contribution in [0.3, 0.4) is 0 Å². The van der Waals surface area contributed by atoms with Crippen LogP contribution >= 0.6 is 0 Å². The van der Waals surface area contributed by atoms with Gasteiger partial charge in [0.1, 0.15) is 6.61 Å². The second-order valence-corrected chi connectivity index (χ2v) is 10.8. The maximum absolute atomic E-state index is 12.6. The second-order valence-electron chi connectivity index (χ2n) is 10.8. The van der Waals surface area contributed by atoms with E-state index in [9.17, 15) is 23.1 Å². The van der Waals surface area contributed by atoms with Gasteiger partial charge in [0, 0.05) is 0 Å². The lowest BCUT2D eigenvalue weighted by Crippen LogP contribution is -2.52. The number of carbonyl (C=O) groups excluding carboxylic acids is 1. The molecule has 3 saturated carbocycles. The van der Waals surface area contributed by atoms with Crippen molar-refractivity contribution in [1.82, 2.24) is 0 Å². The molecule has 0 saturated heterocycles. The summed E-state index contributed by atoms with van der Waals surface area (Å²) in [6.07, 6.45) is 4.47. The molecule has 7 atom stereocenters. The third kappa shape index (κ3) is 3.48. The van der Waals surface area contributed by atoms with E-state index in [2.05, 4.69) is 19.9 Å². The van der Waals surface area contributed by atoms with Crippen LogP contribution < -0.4 is 0 Å². The van der Waals surface area contributed by atoms with Gasteiger partial charge in [-0.25, -0.2) is 0 Å². The van der Waals surface area contributed by atoms with Crippen LogP contribution in [0.15, 0.2) is 11.6 Å². The average Bonchev–Trinajstić information content (AvgIpc) is 2.95. The van der Waals surface area contributed by atoms with E-state index in [1.165, 1.54) is 5.57 Å². The summed E-state index contributed by atoms with van der Waals surface area (Å²) in [7, 11) is 0. The largest absolute Gasteiger partial charge is 0.452 e. The minimum Gasteiger partial charge on any atom is -0.390 e. The van der Waals surface area contributed by atoms with Crippen LogP contribution in [0.4, 0.5) is 13.2 Å². The zero-order valence-corrected chi connectivity index (χ0v) is 17.6. The molecule has 0 radical (unpaired) electrons. The number of allylic oxidation sites excluding steroid dienone is 1. The molecule has 0 heterocycles. The molecule has 3 fully saturated rings. The Balaban J connectivity index is 1.51. The molecule has 0 amide bonds. The number of ketones is 1. The van der Waals surface area contributed by atoms with Crippen LogP contribution in [0, 0.1) is 28.6 Å². The van der Waals surface area contributed by atoms with Crippen LogP contribution in [0.25, 0.3) is 0 Å². The van der Waals surface area contributed by atoms with Gasteiger partial charge in [0.25, 0.3) is 5.78 Å². The number of aliphatic hydroxyl groups is 1. The average molecular weight is 415 g/mol. The van der Waals surface area contributed by atoms with Crippen molar-refractivity contribution in [2.75, 3.05) is 6.61 Å². The lowest BCUT2D eigenvalue weighted by molar-refractivity contribution is -0.180. The van der Waals surface area contributed by atoms with Crippen LogP contribution in [0.1, 0.15) is 72.1 Å². The molecule has 1 N–H and O–H groups in total. The number of carbonyl (C=O) groups is 1. The van der Waals surface area contributed by atoms with Crippen molar-refractivity contribution in [3.63, 3.8) is 0 Å². The van der Waals surface area contributed by atoms with E-state index in [0.717, 1.165) is 51.4 Å². The predicted octanol–water partition coefficient (Wildman–Crippen LogP) is 5.22. The van der Waals surface area contributed by atoms with Crippen molar-refractivity contribution in [2.24, 2.45) is 28.6 Å². The molecule has 4 rings (SSSR count). The Morgan fingerprint density at radius 2 is 1.86 bits per heavy atom. The van der Waals surface area contributed by atoms with Gasteiger partial charge in [-0.05, 0) is 86.9 Å². The summed E-state index contributed by atoms with van der Waals surface area (Å²) in [6, 6.07) is 0.